The van der Waals surface area contributed by atoms with E-state index in [-0.39, 0.29) is 12.6 Å². The molecule has 4 rings (SSSR count). The first-order valence-corrected chi connectivity index (χ1v) is 13.0. The normalized spacial score (nSPS) is 18.6. The molecule has 0 amide bonds. The van der Waals surface area contributed by atoms with Crippen molar-refractivity contribution in [2.75, 3.05) is 24.7 Å². The third-order valence-electron chi connectivity index (χ3n) is 4.98. The number of benzene rings is 2. The van der Waals surface area contributed by atoms with Crippen molar-refractivity contribution in [3.63, 3.8) is 0 Å². The van der Waals surface area contributed by atoms with Gasteiger partial charge in [0.2, 0.25) is 6.10 Å². The Kier molecular flexibility index (Phi) is 7.61. The van der Waals surface area contributed by atoms with E-state index in [0.717, 1.165) is 27.7 Å². The number of halogens is 2. The van der Waals surface area contributed by atoms with Crippen LogP contribution in [0.1, 0.15) is 17.2 Å². The van der Waals surface area contributed by atoms with Crippen molar-refractivity contribution < 1.29 is 52.3 Å². The predicted molar refractivity (Wildman–Crippen MR) is 115 cm³/mol. The number of alkyl halides is 1. The second-order valence-corrected chi connectivity index (χ2v) is 9.25. The Bertz CT molecular complexity index is 942. The number of carbonyl (C=O) groups is 1. The zero-order valence-corrected chi connectivity index (χ0v) is 21.0. The van der Waals surface area contributed by atoms with Crippen molar-refractivity contribution in [2.45, 2.75) is 24.7 Å². The summed E-state index contributed by atoms with van der Waals surface area (Å²) in [6, 6.07) is 11.4. The van der Waals surface area contributed by atoms with Gasteiger partial charge in [-0.15, -0.1) is 0 Å². The number of aliphatic hydroxyl groups excluding tert-OH is 1. The predicted octanol–water partition coefficient (Wildman–Crippen LogP) is -0.641. The Hall–Kier alpha value is -1.51. The number of nitrogens with one attached hydrogen (secondary N) is 1. The summed E-state index contributed by atoms with van der Waals surface area (Å²) >= 11 is 1.61. The van der Waals surface area contributed by atoms with Crippen LogP contribution in [0.3, 0.4) is 0 Å². The van der Waals surface area contributed by atoms with Gasteiger partial charge in [-0.2, -0.15) is 0 Å². The van der Waals surface area contributed by atoms with Gasteiger partial charge in [-0.1, -0.05) is 0 Å². The van der Waals surface area contributed by atoms with Crippen molar-refractivity contribution in [1.82, 2.24) is 5.32 Å². The van der Waals surface area contributed by atoms with E-state index in [2.05, 4.69) is 27.9 Å². The van der Waals surface area contributed by atoms with Gasteiger partial charge >= 0.3 is 161 Å². The van der Waals surface area contributed by atoms with Crippen molar-refractivity contribution in [3.8, 4) is 23.0 Å². The maximum absolute atomic E-state index is 11.6. The molecule has 2 aliphatic heterocycles. The Balaban J connectivity index is 1.33. The zero-order valence-electron chi connectivity index (χ0n) is 16.7. The average Bonchev–Trinajstić information content (AvgIpc) is 3.28. The third kappa shape index (κ3) is 5.46. The first-order valence-electron chi connectivity index (χ1n) is 9.67. The topological polar surface area (TPSA) is 95.5 Å². The summed E-state index contributed by atoms with van der Waals surface area (Å²) in [7, 11) is 1.33. The molecular formula is C21H22I2NO7-. The number of esters is 1. The number of methoxy groups -OCH3 is 1. The van der Waals surface area contributed by atoms with E-state index >= 15 is 0 Å². The van der Waals surface area contributed by atoms with E-state index in [4.69, 9.17) is 20.3 Å². The summed E-state index contributed by atoms with van der Waals surface area (Å²) in [5.41, 5.74) is 1.88. The molecule has 0 saturated carbocycles. The molecule has 2 aromatic carbocycles. The molecule has 2 aromatic rings. The molecule has 2 aliphatic rings. The fourth-order valence-corrected chi connectivity index (χ4v) is 5.10. The van der Waals surface area contributed by atoms with Crippen molar-refractivity contribution in [3.05, 3.63) is 47.5 Å². The Labute approximate surface area is 205 Å². The van der Waals surface area contributed by atoms with Crippen LogP contribution in [0.4, 0.5) is 0 Å². The van der Waals surface area contributed by atoms with Gasteiger partial charge in [-0.25, -0.2) is 4.79 Å². The molecule has 3 unspecified atom stereocenters. The molecule has 0 spiro atoms. The van der Waals surface area contributed by atoms with Crippen molar-refractivity contribution in [1.29, 1.82) is 0 Å². The molecule has 2 heterocycles. The molecule has 8 nitrogen and oxygen atoms in total. The molecule has 31 heavy (non-hydrogen) atoms. The van der Waals surface area contributed by atoms with Gasteiger partial charge in [0.05, 0.1) is 7.11 Å². The van der Waals surface area contributed by atoms with Gasteiger partial charge < -0.3 is 14.2 Å². The molecular weight excluding hydrogens is 632 g/mol. The molecule has 168 valence electrons. The van der Waals surface area contributed by atoms with Crippen molar-refractivity contribution in [2.24, 2.45) is 0 Å². The van der Waals surface area contributed by atoms with Crippen LogP contribution in [0.2, 0.25) is 0 Å². The van der Waals surface area contributed by atoms with Crippen LogP contribution in [0.25, 0.3) is 0 Å². The second-order valence-electron chi connectivity index (χ2n) is 7.12. The molecule has 0 bridgehead atoms. The summed E-state index contributed by atoms with van der Waals surface area (Å²) in [4.78, 5) is 11.6. The number of carbonyl (C=O) groups excluding carboxylic acids is 1. The average molecular weight is 654 g/mol. The number of hydrogen-bond acceptors (Lipinski definition) is 8. The van der Waals surface area contributed by atoms with Crippen LogP contribution in [0.15, 0.2) is 36.4 Å². The van der Waals surface area contributed by atoms with Gasteiger partial charge in [0.25, 0.3) is 0 Å². The van der Waals surface area contributed by atoms with Crippen LogP contribution in [0, 0.1) is 0 Å². The monoisotopic (exact) mass is 654 g/mol. The number of rotatable bonds is 8. The van der Waals surface area contributed by atoms with Crippen molar-refractivity contribution >= 4 is 28.6 Å². The molecule has 0 aliphatic carbocycles. The summed E-state index contributed by atoms with van der Waals surface area (Å²) in [5.74, 6) is 2.16. The number of hydrogen-bond donors (Lipinski definition) is 2. The zero-order chi connectivity index (χ0) is 21.8. The van der Waals surface area contributed by atoms with Crippen LogP contribution in [-0.4, -0.2) is 47.9 Å². The van der Waals surface area contributed by atoms with E-state index in [0.29, 0.717) is 23.8 Å². The summed E-state index contributed by atoms with van der Waals surface area (Å²) < 4.78 is 27.9. The van der Waals surface area contributed by atoms with E-state index < -0.39 is 40.2 Å². The van der Waals surface area contributed by atoms with Crippen LogP contribution in [-0.2, 0) is 16.0 Å². The van der Waals surface area contributed by atoms with E-state index in [1.807, 2.05) is 36.4 Å². The molecule has 0 aromatic heterocycles. The first-order chi connectivity index (χ1) is 15.1. The fourth-order valence-electron chi connectivity index (χ4n) is 3.29. The minimum atomic E-state index is -0.744. The quantitative estimate of drug-likeness (QED) is 0.221. The Morgan fingerprint density at radius 2 is 2.03 bits per heavy atom. The molecule has 0 fully saturated rings. The first kappa shape index (κ1) is 22.7. The molecule has 2 N–H and O–H groups in total. The smallest absolute Gasteiger partial charge is 0.471 e. The van der Waals surface area contributed by atoms with Gasteiger partial charge in [0.1, 0.15) is 6.61 Å². The number of aliphatic hydroxyl groups is 1. The molecule has 3 atom stereocenters. The minimum absolute atomic E-state index is 0.126. The SMILES string of the molecule is COC(=O)C1COc2cc(CC(CI)NCC(O)c3ccc4c(c3)O[I-]O4)ccc2O1. The van der Waals surface area contributed by atoms with E-state index in [9.17, 15) is 9.90 Å². The maximum atomic E-state index is 11.6. The summed E-state index contributed by atoms with van der Waals surface area (Å²) in [5, 5.41) is 14.0. The van der Waals surface area contributed by atoms with Gasteiger partial charge in [0.15, 0.2) is 5.75 Å². The standard InChI is InChI=1S/C21H22I2NO7/c1-27-21(26)20-11-28-18-7-12(2-4-16(18)29-20)6-14(9-22)24-10-15(25)13-3-5-17-19(8-13)31-23-30-17/h2-5,7-8,14-15,20,24-25H,6,9-11H2,1H3/q-1. The Morgan fingerprint density at radius 3 is 2.84 bits per heavy atom. The van der Waals surface area contributed by atoms with Gasteiger partial charge in [-0.05, 0) is 0 Å². The Morgan fingerprint density at radius 1 is 1.23 bits per heavy atom. The minimum Gasteiger partial charge on any atom is -0.471 e. The van der Waals surface area contributed by atoms with E-state index in [1.165, 1.54) is 7.11 Å². The van der Waals surface area contributed by atoms with Gasteiger partial charge in [-0.3, -0.25) is 0 Å². The van der Waals surface area contributed by atoms with Crippen LogP contribution >= 0.6 is 22.6 Å². The summed E-state index contributed by atoms with van der Waals surface area (Å²) in [6.45, 7) is 0.550. The third-order valence-corrected chi connectivity index (χ3v) is 7.35. The molecule has 0 radical (unpaired) electrons. The fraction of sp³-hybridized carbons (Fsp3) is 0.381. The van der Waals surface area contributed by atoms with E-state index in [1.54, 1.807) is 0 Å². The number of fused-ring (bicyclic) bond motifs is 2. The van der Waals surface area contributed by atoms with Crippen LogP contribution < -0.4 is 43.0 Å². The second kappa shape index (κ2) is 10.4. The number of ether oxygens (including phenoxy) is 3. The molecule has 0 saturated heterocycles. The van der Waals surface area contributed by atoms with Gasteiger partial charge in [0, 0.05) is 0 Å². The molecule has 10 heteroatoms. The summed E-state index contributed by atoms with van der Waals surface area (Å²) in [6.07, 6.45) is -0.626. The van der Waals surface area contributed by atoms with Crippen LogP contribution in [0.5, 0.6) is 23.0 Å².